The minimum Gasteiger partial charge on any atom is -0.494 e. The van der Waals surface area contributed by atoms with E-state index in [2.05, 4.69) is 29.4 Å². The average molecular weight is 423 g/mol. The average Bonchev–Trinajstić information content (AvgIpc) is 3.28. The van der Waals surface area contributed by atoms with Gasteiger partial charge in [-0.15, -0.1) is 5.10 Å². The number of tetrazole rings is 1. The first-order chi connectivity index (χ1) is 15.0. The summed E-state index contributed by atoms with van der Waals surface area (Å²) in [5.41, 5.74) is 3.73. The number of Topliss-reactive ketones (excluding diaryl/α,β-unsaturated/α-hetero) is 1. The predicted molar refractivity (Wildman–Crippen MR) is 119 cm³/mol. The maximum atomic E-state index is 12.4. The lowest BCUT2D eigenvalue weighted by Gasteiger charge is -2.15. The van der Waals surface area contributed by atoms with Gasteiger partial charge in [-0.2, -0.15) is 0 Å². The molecule has 0 spiro atoms. The maximum absolute atomic E-state index is 12.4. The summed E-state index contributed by atoms with van der Waals surface area (Å²) in [5.74, 6) is 2.21. The number of ether oxygens (including phenoxy) is 2. The van der Waals surface area contributed by atoms with Crippen molar-refractivity contribution in [3.05, 3.63) is 59.4 Å². The second-order valence-corrected chi connectivity index (χ2v) is 8.03. The van der Waals surface area contributed by atoms with Crippen molar-refractivity contribution >= 4 is 5.78 Å². The van der Waals surface area contributed by atoms with E-state index in [0.717, 1.165) is 46.7 Å². The number of aromatic nitrogens is 4. The zero-order valence-corrected chi connectivity index (χ0v) is 18.7. The lowest BCUT2D eigenvalue weighted by Crippen LogP contribution is -2.08. The Morgan fingerprint density at radius 1 is 0.968 bits per heavy atom. The van der Waals surface area contributed by atoms with Crippen molar-refractivity contribution in [1.82, 2.24) is 20.2 Å². The van der Waals surface area contributed by atoms with Gasteiger partial charge in [0, 0.05) is 12.0 Å². The number of hydrogen-bond acceptors (Lipinski definition) is 6. The lowest BCUT2D eigenvalue weighted by molar-refractivity contribution is 0.0967. The van der Waals surface area contributed by atoms with Crippen LogP contribution in [0.3, 0.4) is 0 Å². The summed E-state index contributed by atoms with van der Waals surface area (Å²) in [7, 11) is 0. The molecule has 0 radical (unpaired) electrons. The Labute approximate surface area is 183 Å². The minimum absolute atomic E-state index is 0.199. The Morgan fingerprint density at radius 3 is 2.32 bits per heavy atom. The monoisotopic (exact) mass is 422 g/mol. The molecule has 0 N–H and O–H groups in total. The Morgan fingerprint density at radius 2 is 1.68 bits per heavy atom. The number of rotatable bonds is 11. The molecule has 0 aliphatic rings. The molecule has 164 valence electrons. The molecule has 7 heteroatoms. The van der Waals surface area contributed by atoms with Crippen LogP contribution in [0.1, 0.15) is 54.6 Å². The topological polar surface area (TPSA) is 79.1 Å². The van der Waals surface area contributed by atoms with Gasteiger partial charge in [0.05, 0.1) is 18.9 Å². The van der Waals surface area contributed by atoms with Crippen molar-refractivity contribution in [3.8, 4) is 17.2 Å². The van der Waals surface area contributed by atoms with Gasteiger partial charge in [-0.3, -0.25) is 4.79 Å². The van der Waals surface area contributed by atoms with Gasteiger partial charge in [0.15, 0.2) is 5.78 Å². The summed E-state index contributed by atoms with van der Waals surface area (Å²) >= 11 is 0. The molecule has 3 rings (SSSR count). The molecule has 0 fully saturated rings. The van der Waals surface area contributed by atoms with Crippen LogP contribution in [-0.4, -0.2) is 39.2 Å². The van der Waals surface area contributed by atoms with Crippen molar-refractivity contribution in [3.63, 3.8) is 0 Å². The standard InChI is InChI=1S/C24H30N4O3/c1-17(2)15-23(29)22-11-12-24(19(4)18(22)3)31-14-6-5-13-30-21-9-7-20(8-10-21)28-16-25-26-27-28/h7-12,16-17H,5-6,13-15H2,1-4H3. The Kier molecular flexibility index (Phi) is 7.76. The molecule has 0 atom stereocenters. The van der Waals surface area contributed by atoms with Crippen LogP contribution in [-0.2, 0) is 0 Å². The van der Waals surface area contributed by atoms with Crippen LogP contribution in [0.4, 0.5) is 0 Å². The van der Waals surface area contributed by atoms with Crippen molar-refractivity contribution in [2.24, 2.45) is 5.92 Å². The van der Waals surface area contributed by atoms with Gasteiger partial charge in [0.1, 0.15) is 17.8 Å². The van der Waals surface area contributed by atoms with Crippen molar-refractivity contribution < 1.29 is 14.3 Å². The maximum Gasteiger partial charge on any atom is 0.163 e. The van der Waals surface area contributed by atoms with Crippen LogP contribution in [0, 0.1) is 19.8 Å². The fraction of sp³-hybridized carbons (Fsp3) is 0.417. The van der Waals surface area contributed by atoms with Gasteiger partial charge < -0.3 is 9.47 Å². The first kappa shape index (κ1) is 22.5. The highest BCUT2D eigenvalue weighted by atomic mass is 16.5. The van der Waals surface area contributed by atoms with E-state index < -0.39 is 0 Å². The summed E-state index contributed by atoms with van der Waals surface area (Å²) in [4.78, 5) is 12.4. The highest BCUT2D eigenvalue weighted by Gasteiger charge is 2.14. The first-order valence-electron chi connectivity index (χ1n) is 10.7. The van der Waals surface area contributed by atoms with Crippen LogP contribution in [0.25, 0.3) is 5.69 Å². The van der Waals surface area contributed by atoms with Crippen molar-refractivity contribution in [2.45, 2.75) is 47.0 Å². The first-order valence-corrected chi connectivity index (χ1v) is 10.7. The SMILES string of the molecule is Cc1c(OCCCCOc2ccc(-n3cnnn3)cc2)ccc(C(=O)CC(C)C)c1C. The summed E-state index contributed by atoms with van der Waals surface area (Å²) in [6, 6.07) is 11.4. The van der Waals surface area contributed by atoms with Gasteiger partial charge in [-0.1, -0.05) is 13.8 Å². The van der Waals surface area contributed by atoms with E-state index >= 15 is 0 Å². The molecule has 1 aromatic heterocycles. The van der Waals surface area contributed by atoms with E-state index in [-0.39, 0.29) is 5.78 Å². The van der Waals surface area contributed by atoms with Gasteiger partial charge in [-0.05, 0) is 90.6 Å². The lowest BCUT2D eigenvalue weighted by atomic mass is 9.95. The summed E-state index contributed by atoms with van der Waals surface area (Å²) in [6.45, 7) is 9.36. The molecule has 2 aromatic carbocycles. The summed E-state index contributed by atoms with van der Waals surface area (Å²) in [5, 5.41) is 11.1. The largest absolute Gasteiger partial charge is 0.494 e. The van der Waals surface area contributed by atoms with Gasteiger partial charge >= 0.3 is 0 Å². The van der Waals surface area contributed by atoms with Crippen LogP contribution in [0.15, 0.2) is 42.7 Å². The smallest absolute Gasteiger partial charge is 0.163 e. The minimum atomic E-state index is 0.199. The van der Waals surface area contributed by atoms with Crippen LogP contribution in [0.2, 0.25) is 0 Å². The van der Waals surface area contributed by atoms with Gasteiger partial charge in [0.25, 0.3) is 0 Å². The van der Waals surface area contributed by atoms with E-state index in [4.69, 9.17) is 9.47 Å². The normalized spacial score (nSPS) is 11.0. The van der Waals surface area contributed by atoms with E-state index in [1.807, 2.05) is 50.2 Å². The second kappa shape index (κ2) is 10.7. The second-order valence-electron chi connectivity index (χ2n) is 8.03. The molecule has 0 saturated heterocycles. The quantitative estimate of drug-likeness (QED) is 0.328. The number of ketones is 1. The van der Waals surface area contributed by atoms with E-state index in [9.17, 15) is 4.79 Å². The van der Waals surface area contributed by atoms with Crippen LogP contribution < -0.4 is 9.47 Å². The molecule has 0 amide bonds. The van der Waals surface area contributed by atoms with Crippen LogP contribution >= 0.6 is 0 Å². The number of carbonyl (C=O) groups excluding carboxylic acids is 1. The van der Waals surface area contributed by atoms with Gasteiger partial charge in [-0.25, -0.2) is 4.68 Å². The van der Waals surface area contributed by atoms with Crippen molar-refractivity contribution in [1.29, 1.82) is 0 Å². The number of nitrogens with zero attached hydrogens (tertiary/aromatic N) is 4. The Bertz CT molecular complexity index is 983. The number of carbonyl (C=O) groups is 1. The van der Waals surface area contributed by atoms with E-state index in [1.165, 1.54) is 0 Å². The highest BCUT2D eigenvalue weighted by Crippen LogP contribution is 2.26. The number of unbranched alkanes of at least 4 members (excludes halogenated alkanes) is 1. The Balaban J connectivity index is 1.41. The zero-order valence-electron chi connectivity index (χ0n) is 18.7. The summed E-state index contributed by atoms with van der Waals surface area (Å²) in [6.07, 6.45) is 3.89. The molecular formula is C24H30N4O3. The third-order valence-electron chi connectivity index (χ3n) is 5.15. The molecule has 0 aliphatic carbocycles. The van der Waals surface area contributed by atoms with Gasteiger partial charge in [0.2, 0.25) is 0 Å². The number of hydrogen-bond donors (Lipinski definition) is 0. The molecule has 3 aromatic rings. The molecule has 31 heavy (non-hydrogen) atoms. The number of benzene rings is 2. The fourth-order valence-electron chi connectivity index (χ4n) is 3.29. The molecule has 0 aliphatic heterocycles. The third-order valence-corrected chi connectivity index (χ3v) is 5.15. The highest BCUT2D eigenvalue weighted by molar-refractivity contribution is 5.98. The predicted octanol–water partition coefficient (Wildman–Crippen LogP) is 4.75. The van der Waals surface area contributed by atoms with E-state index in [1.54, 1.807) is 11.0 Å². The molecule has 1 heterocycles. The van der Waals surface area contributed by atoms with E-state index in [0.29, 0.717) is 25.6 Å². The molecule has 7 nitrogen and oxygen atoms in total. The molecular weight excluding hydrogens is 392 g/mol. The molecule has 0 saturated carbocycles. The molecule has 0 unspecified atom stereocenters. The third kappa shape index (κ3) is 6.13. The zero-order chi connectivity index (χ0) is 22.2. The van der Waals surface area contributed by atoms with Crippen LogP contribution in [0.5, 0.6) is 11.5 Å². The summed E-state index contributed by atoms with van der Waals surface area (Å²) < 4.78 is 13.3. The fourth-order valence-corrected chi connectivity index (χ4v) is 3.29. The van der Waals surface area contributed by atoms with Crippen molar-refractivity contribution in [2.75, 3.05) is 13.2 Å². The Hall–Kier alpha value is -3.22. The molecule has 0 bridgehead atoms.